The van der Waals surface area contributed by atoms with Crippen molar-refractivity contribution in [3.8, 4) is 6.07 Å². The molecule has 0 N–H and O–H groups in total. The standard InChI is InChI=1S/C11H12BrN/c1-11(2,3)9-6-4-5-8(7-13)10(9)12/h4-6H,1-3H3. The Bertz CT molecular complexity index is 355. The van der Waals surface area contributed by atoms with E-state index in [4.69, 9.17) is 5.26 Å². The van der Waals surface area contributed by atoms with Gasteiger partial charge < -0.3 is 0 Å². The molecule has 1 nitrogen and oxygen atoms in total. The zero-order valence-electron chi connectivity index (χ0n) is 8.06. The van der Waals surface area contributed by atoms with Gasteiger partial charge in [0, 0.05) is 4.47 Å². The van der Waals surface area contributed by atoms with E-state index in [1.165, 1.54) is 5.56 Å². The lowest BCUT2D eigenvalue weighted by Crippen LogP contribution is -2.12. The number of nitriles is 1. The fraction of sp³-hybridized carbons (Fsp3) is 0.364. The SMILES string of the molecule is CC(C)(C)c1cccc(C#N)c1Br. The molecule has 0 bridgehead atoms. The van der Waals surface area contributed by atoms with Gasteiger partial charge in [0.05, 0.1) is 5.56 Å². The van der Waals surface area contributed by atoms with Crippen LogP contribution in [0.25, 0.3) is 0 Å². The van der Waals surface area contributed by atoms with Gasteiger partial charge in [0.25, 0.3) is 0 Å². The lowest BCUT2D eigenvalue weighted by Gasteiger charge is -2.20. The van der Waals surface area contributed by atoms with Crippen LogP contribution in [-0.4, -0.2) is 0 Å². The zero-order chi connectivity index (χ0) is 10.1. The summed E-state index contributed by atoms with van der Waals surface area (Å²) in [6.45, 7) is 6.40. The van der Waals surface area contributed by atoms with E-state index in [9.17, 15) is 0 Å². The second-order valence-electron chi connectivity index (χ2n) is 4.03. The van der Waals surface area contributed by atoms with Crippen LogP contribution in [0.1, 0.15) is 31.9 Å². The van der Waals surface area contributed by atoms with Crippen molar-refractivity contribution >= 4 is 15.9 Å². The first-order valence-electron chi connectivity index (χ1n) is 4.16. The zero-order valence-corrected chi connectivity index (χ0v) is 9.64. The minimum Gasteiger partial charge on any atom is -0.192 e. The molecular weight excluding hydrogens is 226 g/mol. The van der Waals surface area contributed by atoms with Gasteiger partial charge in [0.15, 0.2) is 0 Å². The Hall–Kier alpha value is -0.810. The molecule has 0 aliphatic rings. The van der Waals surface area contributed by atoms with Crippen molar-refractivity contribution in [2.75, 3.05) is 0 Å². The Morgan fingerprint density at radius 1 is 1.31 bits per heavy atom. The minimum atomic E-state index is 0.0751. The molecule has 2 heteroatoms. The Morgan fingerprint density at radius 3 is 2.38 bits per heavy atom. The first-order chi connectivity index (χ1) is 5.96. The van der Waals surface area contributed by atoms with Gasteiger partial charge in [-0.1, -0.05) is 32.9 Å². The predicted octanol–water partition coefficient (Wildman–Crippen LogP) is 3.62. The number of nitrogens with zero attached hydrogens (tertiary/aromatic N) is 1. The normalized spacial score (nSPS) is 11.0. The van der Waals surface area contributed by atoms with Gasteiger partial charge in [0.2, 0.25) is 0 Å². The van der Waals surface area contributed by atoms with Gasteiger partial charge in [-0.05, 0) is 33.0 Å². The molecule has 0 amide bonds. The highest BCUT2D eigenvalue weighted by Crippen LogP contribution is 2.31. The summed E-state index contributed by atoms with van der Waals surface area (Å²) in [4.78, 5) is 0. The van der Waals surface area contributed by atoms with Crippen LogP contribution in [0, 0.1) is 11.3 Å². The third-order valence-corrected chi connectivity index (χ3v) is 2.78. The van der Waals surface area contributed by atoms with Crippen LogP contribution in [0.3, 0.4) is 0 Å². The average Bonchev–Trinajstić information content (AvgIpc) is 2.02. The summed E-state index contributed by atoms with van der Waals surface area (Å²) in [6, 6.07) is 7.95. The lowest BCUT2D eigenvalue weighted by atomic mass is 9.86. The Morgan fingerprint density at radius 2 is 1.92 bits per heavy atom. The maximum atomic E-state index is 8.83. The molecule has 1 aromatic carbocycles. The van der Waals surface area contributed by atoms with Crippen LogP contribution in [0.5, 0.6) is 0 Å². The summed E-state index contributed by atoms with van der Waals surface area (Å²) >= 11 is 3.45. The van der Waals surface area contributed by atoms with Gasteiger partial charge >= 0.3 is 0 Å². The molecule has 0 saturated carbocycles. The van der Waals surface area contributed by atoms with E-state index in [2.05, 4.69) is 42.8 Å². The monoisotopic (exact) mass is 237 g/mol. The third kappa shape index (κ3) is 2.10. The molecule has 1 rings (SSSR count). The summed E-state index contributed by atoms with van der Waals surface area (Å²) in [5, 5.41) is 8.83. The van der Waals surface area contributed by atoms with Crippen molar-refractivity contribution in [1.82, 2.24) is 0 Å². The molecule has 0 saturated heterocycles. The average molecular weight is 238 g/mol. The largest absolute Gasteiger partial charge is 0.192 e. The lowest BCUT2D eigenvalue weighted by molar-refractivity contribution is 0.587. The van der Waals surface area contributed by atoms with Gasteiger partial charge in [-0.15, -0.1) is 0 Å². The van der Waals surface area contributed by atoms with Crippen LogP contribution in [0.15, 0.2) is 22.7 Å². The van der Waals surface area contributed by atoms with Crippen LogP contribution >= 0.6 is 15.9 Å². The summed E-state index contributed by atoms with van der Waals surface area (Å²) in [7, 11) is 0. The molecule has 0 radical (unpaired) electrons. The first kappa shape index (κ1) is 10.3. The molecule has 0 unspecified atom stereocenters. The van der Waals surface area contributed by atoms with Crippen LogP contribution in [-0.2, 0) is 5.41 Å². The van der Waals surface area contributed by atoms with Crippen LogP contribution in [0.4, 0.5) is 0 Å². The molecule has 0 heterocycles. The van der Waals surface area contributed by atoms with E-state index in [0.717, 1.165) is 4.47 Å². The molecule has 0 aliphatic carbocycles. The molecule has 0 aliphatic heterocycles. The molecule has 0 fully saturated rings. The van der Waals surface area contributed by atoms with E-state index in [1.807, 2.05) is 18.2 Å². The molecule has 68 valence electrons. The molecule has 1 aromatic rings. The van der Waals surface area contributed by atoms with E-state index in [0.29, 0.717) is 5.56 Å². The summed E-state index contributed by atoms with van der Waals surface area (Å²) in [5.41, 5.74) is 1.95. The minimum absolute atomic E-state index is 0.0751. The van der Waals surface area contributed by atoms with Crippen molar-refractivity contribution < 1.29 is 0 Å². The molecule has 0 aromatic heterocycles. The smallest absolute Gasteiger partial charge is 0.100 e. The van der Waals surface area contributed by atoms with Crippen molar-refractivity contribution in [3.05, 3.63) is 33.8 Å². The highest BCUT2D eigenvalue weighted by molar-refractivity contribution is 9.10. The summed E-state index contributed by atoms with van der Waals surface area (Å²) in [6.07, 6.45) is 0. The fourth-order valence-corrected chi connectivity index (χ4v) is 2.15. The van der Waals surface area contributed by atoms with E-state index in [-0.39, 0.29) is 5.41 Å². The van der Waals surface area contributed by atoms with Crippen LogP contribution < -0.4 is 0 Å². The molecule has 13 heavy (non-hydrogen) atoms. The van der Waals surface area contributed by atoms with Gasteiger partial charge in [0.1, 0.15) is 6.07 Å². The molecule has 0 spiro atoms. The maximum Gasteiger partial charge on any atom is 0.100 e. The quantitative estimate of drug-likeness (QED) is 0.677. The van der Waals surface area contributed by atoms with Crippen molar-refractivity contribution in [2.24, 2.45) is 0 Å². The number of hydrogen-bond donors (Lipinski definition) is 0. The number of hydrogen-bond acceptors (Lipinski definition) is 1. The summed E-state index contributed by atoms with van der Waals surface area (Å²) < 4.78 is 0.921. The Balaban J connectivity index is 3.34. The van der Waals surface area contributed by atoms with Gasteiger partial charge in [-0.2, -0.15) is 5.26 Å². The van der Waals surface area contributed by atoms with E-state index >= 15 is 0 Å². The second kappa shape index (κ2) is 3.51. The molecular formula is C11H12BrN. The maximum absolute atomic E-state index is 8.83. The third-order valence-electron chi connectivity index (χ3n) is 1.93. The Labute approximate surface area is 87.5 Å². The predicted molar refractivity (Wildman–Crippen MR) is 57.6 cm³/mol. The molecule has 0 atom stereocenters. The second-order valence-corrected chi connectivity index (χ2v) is 4.82. The number of halogens is 1. The van der Waals surface area contributed by atoms with Gasteiger partial charge in [-0.25, -0.2) is 0 Å². The van der Waals surface area contributed by atoms with Crippen molar-refractivity contribution in [2.45, 2.75) is 26.2 Å². The number of rotatable bonds is 0. The highest BCUT2D eigenvalue weighted by Gasteiger charge is 2.18. The van der Waals surface area contributed by atoms with Crippen LogP contribution in [0.2, 0.25) is 0 Å². The Kier molecular flexibility index (Phi) is 2.77. The summed E-state index contributed by atoms with van der Waals surface area (Å²) in [5.74, 6) is 0. The van der Waals surface area contributed by atoms with Crippen molar-refractivity contribution in [3.63, 3.8) is 0 Å². The topological polar surface area (TPSA) is 23.8 Å². The highest BCUT2D eigenvalue weighted by atomic mass is 79.9. The van der Waals surface area contributed by atoms with Gasteiger partial charge in [-0.3, -0.25) is 0 Å². The van der Waals surface area contributed by atoms with E-state index < -0.39 is 0 Å². The number of benzene rings is 1. The first-order valence-corrected chi connectivity index (χ1v) is 4.95. The van der Waals surface area contributed by atoms with E-state index in [1.54, 1.807) is 0 Å². The van der Waals surface area contributed by atoms with Crippen molar-refractivity contribution in [1.29, 1.82) is 5.26 Å². The fourth-order valence-electron chi connectivity index (χ4n) is 1.20.